The molecule has 2 aromatic carbocycles. The number of esters is 1. The van der Waals surface area contributed by atoms with Gasteiger partial charge in [0.25, 0.3) is 0 Å². The zero-order chi connectivity index (χ0) is 23.3. The highest BCUT2D eigenvalue weighted by atomic mass is 19.1. The van der Waals surface area contributed by atoms with Crippen LogP contribution in [0.4, 0.5) is 20.6 Å². The maximum absolute atomic E-state index is 14.7. The van der Waals surface area contributed by atoms with Gasteiger partial charge in [0, 0.05) is 0 Å². The Bertz CT molecular complexity index is 968. The molecular weight excluding hydrogens is 411 g/mol. The van der Waals surface area contributed by atoms with Crippen LogP contribution in [-0.4, -0.2) is 25.2 Å². The fraction of sp³-hybridized carbons (Fsp3) is 0.440. The van der Waals surface area contributed by atoms with E-state index in [0.717, 1.165) is 36.8 Å². The van der Waals surface area contributed by atoms with Crippen LogP contribution in [0.3, 0.4) is 0 Å². The van der Waals surface area contributed by atoms with Crippen molar-refractivity contribution < 1.29 is 23.5 Å². The molecule has 2 amide bonds. The molecule has 0 bridgehead atoms. The van der Waals surface area contributed by atoms with Crippen LogP contribution in [0.25, 0.3) is 0 Å². The highest BCUT2D eigenvalue weighted by Crippen LogP contribution is 2.37. The number of methoxy groups -OCH3 is 1. The number of hydrogen-bond donors (Lipinski definition) is 2. The van der Waals surface area contributed by atoms with Crippen molar-refractivity contribution in [3.05, 3.63) is 53.3 Å². The van der Waals surface area contributed by atoms with Crippen LogP contribution in [0.1, 0.15) is 56.6 Å². The number of rotatable bonds is 6. The Balaban J connectivity index is 1.59. The van der Waals surface area contributed by atoms with E-state index < -0.39 is 11.8 Å². The van der Waals surface area contributed by atoms with E-state index in [4.69, 9.17) is 9.47 Å². The van der Waals surface area contributed by atoms with Crippen molar-refractivity contribution in [1.29, 1.82) is 0 Å². The average molecular weight is 443 g/mol. The summed E-state index contributed by atoms with van der Waals surface area (Å²) in [7, 11) is 1.52. The van der Waals surface area contributed by atoms with Gasteiger partial charge in [-0.15, -0.1) is 0 Å². The molecule has 2 aromatic rings. The van der Waals surface area contributed by atoms with Crippen LogP contribution in [0, 0.1) is 18.7 Å². The molecule has 0 aromatic heterocycles. The Morgan fingerprint density at radius 1 is 1.00 bits per heavy atom. The molecule has 0 atom stereocenters. The normalized spacial score (nSPS) is 18.2. The molecule has 0 unspecified atom stereocenters. The minimum Gasteiger partial charge on any atom is -0.495 e. The van der Waals surface area contributed by atoms with E-state index in [1.54, 1.807) is 18.2 Å². The molecular formula is C25H31FN2O4. The third kappa shape index (κ3) is 5.99. The van der Waals surface area contributed by atoms with Crippen molar-refractivity contribution in [2.75, 3.05) is 17.7 Å². The van der Waals surface area contributed by atoms with Gasteiger partial charge in [0.2, 0.25) is 0 Å². The molecule has 1 saturated carbocycles. The number of nitrogens with one attached hydrogen (secondary N) is 2. The minimum atomic E-state index is -0.551. The molecule has 6 nitrogen and oxygen atoms in total. The first-order valence-electron chi connectivity index (χ1n) is 11.0. The lowest BCUT2D eigenvalue weighted by Gasteiger charge is -2.28. The molecule has 1 aliphatic rings. The van der Waals surface area contributed by atoms with Crippen molar-refractivity contribution in [3.8, 4) is 5.75 Å². The molecule has 0 saturated heterocycles. The first-order chi connectivity index (χ1) is 15.3. The van der Waals surface area contributed by atoms with Crippen LogP contribution < -0.4 is 15.4 Å². The Hall–Kier alpha value is -3.09. The van der Waals surface area contributed by atoms with E-state index in [-0.39, 0.29) is 29.6 Å². The smallest absolute Gasteiger partial charge is 0.323 e. The number of hydrogen-bond acceptors (Lipinski definition) is 4. The van der Waals surface area contributed by atoms with Gasteiger partial charge in [-0.05, 0) is 87.8 Å². The fourth-order valence-electron chi connectivity index (χ4n) is 4.07. The van der Waals surface area contributed by atoms with Gasteiger partial charge in [-0.2, -0.15) is 0 Å². The van der Waals surface area contributed by atoms with Crippen LogP contribution in [0.5, 0.6) is 5.75 Å². The molecule has 1 aliphatic carbocycles. The standard InChI is InChI=1S/C25H31FN2O4/c1-15(2)32-24(29)18-8-6-17(7-9-18)19-10-11-21(20(26)14-19)27-25(30)28-22-13-16(3)5-12-23(22)31-4/h5,10-15,17-18H,6-9H2,1-4H3,(H2,27,28,30)/t17-,18-. The lowest BCUT2D eigenvalue weighted by Crippen LogP contribution is -2.25. The number of ether oxygens (including phenoxy) is 2. The summed E-state index contributed by atoms with van der Waals surface area (Å²) in [6, 6.07) is 9.76. The number of halogens is 1. The van der Waals surface area contributed by atoms with Gasteiger partial charge in [-0.1, -0.05) is 12.1 Å². The Labute approximate surface area is 188 Å². The van der Waals surface area contributed by atoms with Gasteiger partial charge in [0.05, 0.1) is 30.5 Å². The second-order valence-corrected chi connectivity index (χ2v) is 8.56. The summed E-state index contributed by atoms with van der Waals surface area (Å²) in [5, 5.41) is 5.26. The van der Waals surface area contributed by atoms with Crippen molar-refractivity contribution in [1.82, 2.24) is 0 Å². The average Bonchev–Trinajstić information content (AvgIpc) is 2.75. The molecule has 0 radical (unpaired) electrons. The lowest BCUT2D eigenvalue weighted by atomic mass is 9.78. The first-order valence-corrected chi connectivity index (χ1v) is 11.0. The maximum atomic E-state index is 14.7. The summed E-state index contributed by atoms with van der Waals surface area (Å²) in [6.07, 6.45) is 2.96. The monoisotopic (exact) mass is 442 g/mol. The summed E-state index contributed by atoms with van der Waals surface area (Å²) < 4.78 is 25.3. The van der Waals surface area contributed by atoms with Gasteiger partial charge >= 0.3 is 12.0 Å². The Morgan fingerprint density at radius 2 is 1.69 bits per heavy atom. The summed E-state index contributed by atoms with van der Waals surface area (Å²) in [5.74, 6) is -0.00106. The van der Waals surface area contributed by atoms with E-state index in [1.807, 2.05) is 32.9 Å². The summed E-state index contributed by atoms with van der Waals surface area (Å²) in [4.78, 5) is 24.5. The van der Waals surface area contributed by atoms with Crippen molar-refractivity contribution >= 4 is 23.4 Å². The van der Waals surface area contributed by atoms with E-state index in [2.05, 4.69) is 10.6 Å². The topological polar surface area (TPSA) is 76.7 Å². The summed E-state index contributed by atoms with van der Waals surface area (Å²) >= 11 is 0. The number of carbonyl (C=O) groups excluding carboxylic acids is 2. The number of benzene rings is 2. The minimum absolute atomic E-state index is 0.0817. The highest BCUT2D eigenvalue weighted by molar-refractivity contribution is 6.00. The van der Waals surface area contributed by atoms with Gasteiger partial charge < -0.3 is 20.1 Å². The van der Waals surface area contributed by atoms with Crippen molar-refractivity contribution in [3.63, 3.8) is 0 Å². The largest absolute Gasteiger partial charge is 0.495 e. The molecule has 3 rings (SSSR count). The SMILES string of the molecule is COc1ccc(C)cc1NC(=O)Nc1ccc([C@H]2CC[C@H](C(=O)OC(C)C)CC2)cc1F. The van der Waals surface area contributed by atoms with E-state index >= 15 is 0 Å². The molecule has 1 fully saturated rings. The Kier molecular flexibility index (Phi) is 7.72. The summed E-state index contributed by atoms with van der Waals surface area (Å²) in [6.45, 7) is 5.60. The highest BCUT2D eigenvalue weighted by Gasteiger charge is 2.29. The zero-order valence-electron chi connectivity index (χ0n) is 19.0. The molecule has 0 heterocycles. The van der Waals surface area contributed by atoms with Gasteiger partial charge in [-0.3, -0.25) is 4.79 Å². The van der Waals surface area contributed by atoms with Crippen LogP contribution in [0.15, 0.2) is 36.4 Å². The van der Waals surface area contributed by atoms with Gasteiger partial charge in [-0.25, -0.2) is 9.18 Å². The van der Waals surface area contributed by atoms with E-state index in [0.29, 0.717) is 11.4 Å². The molecule has 0 spiro atoms. The maximum Gasteiger partial charge on any atom is 0.323 e. The number of urea groups is 1. The second kappa shape index (κ2) is 10.5. The fourth-order valence-corrected chi connectivity index (χ4v) is 4.07. The predicted molar refractivity (Wildman–Crippen MR) is 123 cm³/mol. The molecule has 0 aliphatic heterocycles. The Morgan fingerprint density at radius 3 is 2.31 bits per heavy atom. The number of anilines is 2. The molecule has 32 heavy (non-hydrogen) atoms. The second-order valence-electron chi connectivity index (χ2n) is 8.56. The molecule has 2 N–H and O–H groups in total. The molecule has 172 valence electrons. The molecule has 7 heteroatoms. The zero-order valence-corrected chi connectivity index (χ0v) is 19.0. The third-order valence-electron chi connectivity index (χ3n) is 5.73. The first kappa shape index (κ1) is 23.6. The summed E-state index contributed by atoms with van der Waals surface area (Å²) in [5.41, 5.74) is 2.45. The van der Waals surface area contributed by atoms with Crippen molar-refractivity contribution in [2.45, 2.75) is 58.5 Å². The van der Waals surface area contributed by atoms with E-state index in [9.17, 15) is 14.0 Å². The predicted octanol–water partition coefficient (Wildman–Crippen LogP) is 6.01. The third-order valence-corrected chi connectivity index (χ3v) is 5.73. The lowest BCUT2D eigenvalue weighted by molar-refractivity contribution is -0.153. The van der Waals surface area contributed by atoms with Crippen LogP contribution in [0.2, 0.25) is 0 Å². The van der Waals surface area contributed by atoms with Gasteiger partial charge in [0.15, 0.2) is 0 Å². The van der Waals surface area contributed by atoms with Gasteiger partial charge in [0.1, 0.15) is 11.6 Å². The number of aryl methyl sites for hydroxylation is 1. The number of amides is 2. The number of carbonyl (C=O) groups is 2. The van der Waals surface area contributed by atoms with E-state index in [1.165, 1.54) is 13.2 Å². The van der Waals surface area contributed by atoms with Crippen LogP contribution in [-0.2, 0) is 9.53 Å². The van der Waals surface area contributed by atoms with Crippen molar-refractivity contribution in [2.24, 2.45) is 5.92 Å². The van der Waals surface area contributed by atoms with Crippen LogP contribution >= 0.6 is 0 Å². The quantitative estimate of drug-likeness (QED) is 0.537.